The third kappa shape index (κ3) is 1.37. The molecule has 1 N–H and O–H groups in total. The lowest BCUT2D eigenvalue weighted by Crippen LogP contribution is -2.45. The summed E-state index contributed by atoms with van der Waals surface area (Å²) in [5, 5.41) is 11.0. The normalized spacial score (nSPS) is 39.6. The Morgan fingerprint density at radius 3 is 2.67 bits per heavy atom. The lowest BCUT2D eigenvalue weighted by molar-refractivity contribution is 0.0783. The molecule has 3 rings (SSSR count). The van der Waals surface area contributed by atoms with Crippen LogP contribution in [0.3, 0.4) is 0 Å². The van der Waals surface area contributed by atoms with Crippen LogP contribution in [-0.4, -0.2) is 27.1 Å². The molecule has 0 aromatic carbocycles. The van der Waals surface area contributed by atoms with Crippen molar-refractivity contribution in [2.24, 2.45) is 7.05 Å². The molecule has 2 fully saturated rings. The number of nitrogens with zero attached hydrogens (tertiary/aromatic N) is 3. The van der Waals surface area contributed by atoms with Gasteiger partial charge in [-0.15, -0.1) is 5.10 Å². The number of hydrogen-bond donors (Lipinski definition) is 1. The fourth-order valence-corrected chi connectivity index (χ4v) is 2.99. The van der Waals surface area contributed by atoms with Gasteiger partial charge in [-0.2, -0.15) is 0 Å². The van der Waals surface area contributed by atoms with Crippen molar-refractivity contribution in [1.29, 1.82) is 0 Å². The van der Waals surface area contributed by atoms with Crippen LogP contribution in [0.2, 0.25) is 0 Å². The number of hydrogen-bond acceptors (Lipinski definition) is 3. The third-order valence-corrected chi connectivity index (χ3v) is 3.65. The number of piperidine rings is 1. The molecule has 82 valence electrons. The predicted molar refractivity (Wildman–Crippen MR) is 53.0 cm³/mol. The van der Waals surface area contributed by atoms with Crippen molar-refractivity contribution in [3.63, 3.8) is 0 Å². The molecule has 2 unspecified atom stereocenters. The molecule has 2 saturated heterocycles. The Morgan fingerprint density at radius 1 is 1.47 bits per heavy atom. The summed E-state index contributed by atoms with van der Waals surface area (Å²) in [5.74, 6) is 0. The maximum Gasteiger partial charge on any atom is 0.156 e. The van der Waals surface area contributed by atoms with Crippen LogP contribution in [-0.2, 0) is 12.7 Å². The molecule has 4 nitrogen and oxygen atoms in total. The summed E-state index contributed by atoms with van der Waals surface area (Å²) in [6, 6.07) is 0.673. The first-order valence-electron chi connectivity index (χ1n) is 5.47. The standard InChI is InChI=1S/C10H15FN4/c1-15-9(6-12-14-15)10(11)4-7-2-3-8(5-10)13-7/h6-8,13H,2-5H2,1H3. The van der Waals surface area contributed by atoms with Crippen molar-refractivity contribution in [3.8, 4) is 0 Å². The minimum Gasteiger partial charge on any atom is -0.311 e. The number of nitrogens with one attached hydrogen (secondary N) is 1. The van der Waals surface area contributed by atoms with E-state index in [9.17, 15) is 4.39 Å². The molecular weight excluding hydrogens is 195 g/mol. The SMILES string of the molecule is Cn1nncc1C1(F)CC2CCC(C1)N2. The largest absolute Gasteiger partial charge is 0.311 e. The summed E-state index contributed by atoms with van der Waals surface area (Å²) in [4.78, 5) is 0. The van der Waals surface area contributed by atoms with Gasteiger partial charge in [-0.1, -0.05) is 5.21 Å². The first-order chi connectivity index (χ1) is 7.17. The molecule has 0 amide bonds. The maximum absolute atomic E-state index is 14.8. The van der Waals surface area contributed by atoms with Crippen LogP contribution in [0.4, 0.5) is 4.39 Å². The van der Waals surface area contributed by atoms with Crippen LogP contribution < -0.4 is 5.32 Å². The molecule has 2 bridgehead atoms. The molecule has 0 radical (unpaired) electrons. The zero-order chi connectivity index (χ0) is 10.5. The Hall–Kier alpha value is -0.970. The Labute approximate surface area is 87.9 Å². The van der Waals surface area contributed by atoms with Crippen molar-refractivity contribution in [2.75, 3.05) is 0 Å². The van der Waals surface area contributed by atoms with Crippen LogP contribution in [0.1, 0.15) is 31.4 Å². The van der Waals surface area contributed by atoms with Crippen molar-refractivity contribution >= 4 is 0 Å². The minimum absolute atomic E-state index is 0.337. The number of rotatable bonds is 1. The van der Waals surface area contributed by atoms with Crippen LogP contribution in [0.15, 0.2) is 6.20 Å². The number of halogens is 1. The number of aryl methyl sites for hydroxylation is 1. The van der Waals surface area contributed by atoms with E-state index in [1.807, 2.05) is 0 Å². The molecule has 1 aromatic heterocycles. The lowest BCUT2D eigenvalue weighted by Gasteiger charge is -2.34. The van der Waals surface area contributed by atoms with Crippen LogP contribution >= 0.6 is 0 Å². The quantitative estimate of drug-likeness (QED) is 0.748. The molecule has 0 aliphatic carbocycles. The van der Waals surface area contributed by atoms with E-state index in [0.29, 0.717) is 30.6 Å². The van der Waals surface area contributed by atoms with Gasteiger partial charge < -0.3 is 5.32 Å². The highest BCUT2D eigenvalue weighted by Crippen LogP contribution is 2.43. The van der Waals surface area contributed by atoms with Gasteiger partial charge in [-0.25, -0.2) is 9.07 Å². The zero-order valence-electron chi connectivity index (χ0n) is 8.78. The predicted octanol–water partition coefficient (Wildman–Crippen LogP) is 0.894. The van der Waals surface area contributed by atoms with Crippen LogP contribution in [0, 0.1) is 0 Å². The van der Waals surface area contributed by atoms with E-state index in [2.05, 4.69) is 15.6 Å². The van der Waals surface area contributed by atoms with Crippen molar-refractivity contribution in [2.45, 2.75) is 43.4 Å². The molecule has 2 aliphatic rings. The molecule has 3 heterocycles. The molecular formula is C10H15FN4. The minimum atomic E-state index is -1.23. The topological polar surface area (TPSA) is 42.7 Å². The summed E-state index contributed by atoms with van der Waals surface area (Å²) in [5.41, 5.74) is -0.601. The Morgan fingerprint density at radius 2 is 2.13 bits per heavy atom. The Kier molecular flexibility index (Phi) is 1.86. The van der Waals surface area contributed by atoms with Crippen LogP contribution in [0.25, 0.3) is 0 Å². The molecule has 2 atom stereocenters. The number of alkyl halides is 1. The average Bonchev–Trinajstić information content (AvgIpc) is 2.73. The Bertz CT molecular complexity index is 363. The van der Waals surface area contributed by atoms with E-state index in [-0.39, 0.29) is 0 Å². The van der Waals surface area contributed by atoms with E-state index >= 15 is 0 Å². The van der Waals surface area contributed by atoms with E-state index in [0.717, 1.165) is 12.8 Å². The summed E-state index contributed by atoms with van der Waals surface area (Å²) in [6.45, 7) is 0. The van der Waals surface area contributed by atoms with Crippen molar-refractivity contribution in [3.05, 3.63) is 11.9 Å². The summed E-state index contributed by atoms with van der Waals surface area (Å²) >= 11 is 0. The van der Waals surface area contributed by atoms with Gasteiger partial charge in [0.05, 0.1) is 11.9 Å². The second kappa shape index (κ2) is 3.01. The average molecular weight is 210 g/mol. The highest BCUT2D eigenvalue weighted by atomic mass is 19.1. The zero-order valence-corrected chi connectivity index (χ0v) is 8.78. The smallest absolute Gasteiger partial charge is 0.156 e. The van der Waals surface area contributed by atoms with Gasteiger partial charge in [0.15, 0.2) is 5.67 Å². The number of fused-ring (bicyclic) bond motifs is 2. The van der Waals surface area contributed by atoms with Gasteiger partial charge in [0, 0.05) is 32.0 Å². The molecule has 15 heavy (non-hydrogen) atoms. The first kappa shape index (κ1) is 9.27. The van der Waals surface area contributed by atoms with Gasteiger partial charge in [0.1, 0.15) is 0 Å². The van der Waals surface area contributed by atoms with Crippen molar-refractivity contribution in [1.82, 2.24) is 20.3 Å². The summed E-state index contributed by atoms with van der Waals surface area (Å²) in [7, 11) is 1.76. The fraction of sp³-hybridized carbons (Fsp3) is 0.800. The summed E-state index contributed by atoms with van der Waals surface area (Å²) in [6.07, 6.45) is 4.88. The molecule has 0 spiro atoms. The van der Waals surface area contributed by atoms with E-state index in [1.54, 1.807) is 17.9 Å². The monoisotopic (exact) mass is 210 g/mol. The third-order valence-electron chi connectivity index (χ3n) is 3.65. The van der Waals surface area contributed by atoms with Gasteiger partial charge in [-0.05, 0) is 12.8 Å². The highest BCUT2D eigenvalue weighted by Gasteiger charge is 2.46. The molecule has 0 saturated carbocycles. The highest BCUT2D eigenvalue weighted by molar-refractivity contribution is 5.14. The van der Waals surface area contributed by atoms with Gasteiger partial charge >= 0.3 is 0 Å². The van der Waals surface area contributed by atoms with Gasteiger partial charge in [0.2, 0.25) is 0 Å². The molecule has 1 aromatic rings. The van der Waals surface area contributed by atoms with E-state index in [4.69, 9.17) is 0 Å². The van der Waals surface area contributed by atoms with Crippen LogP contribution in [0.5, 0.6) is 0 Å². The molecule has 2 aliphatic heterocycles. The van der Waals surface area contributed by atoms with Gasteiger partial charge in [0.25, 0.3) is 0 Å². The number of aromatic nitrogens is 3. The fourth-order valence-electron chi connectivity index (χ4n) is 2.99. The van der Waals surface area contributed by atoms with E-state index < -0.39 is 5.67 Å². The summed E-state index contributed by atoms with van der Waals surface area (Å²) < 4.78 is 16.4. The van der Waals surface area contributed by atoms with Crippen molar-refractivity contribution < 1.29 is 4.39 Å². The second-order valence-electron chi connectivity index (χ2n) is 4.75. The second-order valence-corrected chi connectivity index (χ2v) is 4.75. The van der Waals surface area contributed by atoms with E-state index in [1.165, 1.54) is 0 Å². The maximum atomic E-state index is 14.8. The Balaban J connectivity index is 1.94. The first-order valence-corrected chi connectivity index (χ1v) is 5.47. The van der Waals surface area contributed by atoms with Gasteiger partial charge in [-0.3, -0.25) is 0 Å². The molecule has 5 heteroatoms. The lowest BCUT2D eigenvalue weighted by atomic mass is 9.86.